The van der Waals surface area contributed by atoms with E-state index >= 15 is 0 Å². The van der Waals surface area contributed by atoms with Crippen molar-refractivity contribution in [1.29, 1.82) is 0 Å². The maximum atomic E-state index is 5.06. The van der Waals surface area contributed by atoms with E-state index in [9.17, 15) is 0 Å². The molecule has 0 N–H and O–H groups in total. The molecule has 0 aromatic carbocycles. The first-order valence-electron chi connectivity index (χ1n) is 34.1. The predicted octanol–water partition coefficient (Wildman–Crippen LogP) is 21.0. The van der Waals surface area contributed by atoms with Crippen molar-refractivity contribution >= 4 is 175 Å². The molecular weight excluding hydrogens is 1450 g/mol. The molecule has 0 atom stereocenters. The average molecular weight is 1580 g/mol. The van der Waals surface area contributed by atoms with Gasteiger partial charge < -0.3 is 178 Å². The molecule has 19 heteroatoms. The summed E-state index contributed by atoms with van der Waals surface area (Å²) in [6.07, 6.45) is 45.1. The zero-order valence-corrected chi connectivity index (χ0v) is 69.7. The molecular formula is C66H132N6S12W-6. The summed E-state index contributed by atoms with van der Waals surface area (Å²) in [4.78, 5) is 13.1. The molecule has 0 saturated carbocycles. The number of hydrogen-bond donors (Lipinski definition) is 0. The van der Waals surface area contributed by atoms with Gasteiger partial charge in [-0.2, -0.15) is 0 Å². The second-order valence-corrected chi connectivity index (χ2v) is 28.2. The largest absolute Gasteiger partial charge is 0.411 e. The van der Waals surface area contributed by atoms with Gasteiger partial charge in [-0.15, -0.1) is 0 Å². The van der Waals surface area contributed by atoms with Crippen LogP contribution in [0, 0.1) is 0 Å². The van der Waals surface area contributed by atoms with Gasteiger partial charge in [0.2, 0.25) is 0 Å². The number of hydrogen-bond acceptors (Lipinski definition) is 12. The first-order chi connectivity index (χ1) is 40.3. The summed E-state index contributed by atoms with van der Waals surface area (Å²) in [5.41, 5.74) is 0. The molecule has 0 unspecified atom stereocenters. The fourth-order valence-electron chi connectivity index (χ4n) is 8.40. The quantitative estimate of drug-likeness (QED) is 0.0327. The Bertz CT molecular complexity index is 1100. The summed E-state index contributed by atoms with van der Waals surface area (Å²) in [6.45, 7) is 39.3. The second kappa shape index (κ2) is 83.4. The molecule has 6 nitrogen and oxygen atoms in total. The Hall–Kier alpha value is 1.35. The van der Waals surface area contributed by atoms with E-state index in [1.165, 1.54) is 231 Å². The summed E-state index contributed by atoms with van der Waals surface area (Å²) >= 11 is 60.7. The normalized spacial score (nSPS) is 10.0. The van der Waals surface area contributed by atoms with Crippen LogP contribution in [0.3, 0.4) is 0 Å². The molecule has 0 aromatic heterocycles. The van der Waals surface area contributed by atoms with Crippen LogP contribution in [0.5, 0.6) is 0 Å². The van der Waals surface area contributed by atoms with Crippen LogP contribution >= 0.6 is 73.3 Å². The van der Waals surface area contributed by atoms with Crippen molar-refractivity contribution in [1.82, 2.24) is 29.4 Å². The predicted molar refractivity (Wildman–Crippen MR) is 424 cm³/mol. The number of unbranched alkanes of at least 4 members (excludes halogenated alkanes) is 24. The van der Waals surface area contributed by atoms with Crippen molar-refractivity contribution in [2.24, 2.45) is 0 Å². The minimum absolute atomic E-state index is 0. The standard InChI is InChI=1S/6C11H23NS2.W/c6*1-3-5-7-9-12(11(13)14)10-8-6-4-2;/h6*3-10H2,1-2H3,(H,13,14);/p-6. The Kier molecular flexibility index (Phi) is 98.0. The van der Waals surface area contributed by atoms with Crippen molar-refractivity contribution in [2.45, 2.75) is 314 Å². The van der Waals surface area contributed by atoms with Crippen LogP contribution < -0.4 is 0 Å². The van der Waals surface area contributed by atoms with Crippen molar-refractivity contribution < 1.29 is 21.1 Å². The molecule has 0 radical (unpaired) electrons. The molecule has 0 aromatic rings. The van der Waals surface area contributed by atoms with Crippen molar-refractivity contribution in [3.05, 3.63) is 0 Å². The molecule has 0 aliphatic carbocycles. The molecule has 0 aliphatic heterocycles. The van der Waals surface area contributed by atoms with Crippen LogP contribution in [0.15, 0.2) is 0 Å². The van der Waals surface area contributed by atoms with Crippen molar-refractivity contribution in [3.63, 3.8) is 0 Å². The zero-order valence-electron chi connectivity index (χ0n) is 56.9. The van der Waals surface area contributed by atoms with Gasteiger partial charge in [0.15, 0.2) is 0 Å². The van der Waals surface area contributed by atoms with Gasteiger partial charge >= 0.3 is 0 Å². The van der Waals surface area contributed by atoms with Gasteiger partial charge in [0.1, 0.15) is 0 Å². The molecule has 0 rings (SSSR count). The fourth-order valence-corrected chi connectivity index (χ4v) is 10.6. The third-order valence-electron chi connectivity index (χ3n) is 13.9. The molecule has 0 bridgehead atoms. The van der Waals surface area contributed by atoms with Crippen LogP contribution in [-0.2, 0) is 96.8 Å². The van der Waals surface area contributed by atoms with E-state index in [0.717, 1.165) is 78.5 Å². The van der Waals surface area contributed by atoms with Crippen LogP contribution in [-0.4, -0.2) is 134 Å². The van der Waals surface area contributed by atoms with E-state index in [4.69, 9.17) is 149 Å². The summed E-state index contributed by atoms with van der Waals surface area (Å²) in [7, 11) is 0. The van der Waals surface area contributed by atoms with Crippen LogP contribution in [0.1, 0.15) is 314 Å². The first kappa shape index (κ1) is 99.9. The molecule has 0 aliphatic rings. The molecule has 0 spiro atoms. The monoisotopic (exact) mass is 1580 g/mol. The molecule has 0 heterocycles. The topological polar surface area (TPSA) is 19.4 Å². The van der Waals surface area contributed by atoms with Crippen LogP contribution in [0.4, 0.5) is 0 Å². The molecule has 0 amide bonds. The second-order valence-electron chi connectivity index (χ2n) is 22.0. The maximum Gasteiger partial charge on any atom is 0.0162 e. The molecule has 0 fully saturated rings. The summed E-state index contributed by atoms with van der Waals surface area (Å²) in [6, 6.07) is 0. The fraction of sp³-hybridized carbons (Fsp3) is 0.909. The molecule has 510 valence electrons. The van der Waals surface area contributed by atoms with Crippen LogP contribution in [0.2, 0.25) is 0 Å². The zero-order chi connectivity index (χ0) is 64.9. The third kappa shape index (κ3) is 81.4. The summed E-state index contributed by atoms with van der Waals surface area (Å²) < 4.78 is 3.90. The van der Waals surface area contributed by atoms with Gasteiger partial charge in [-0.05, 0) is 77.0 Å². The van der Waals surface area contributed by atoms with E-state index in [2.05, 4.69) is 112 Å². The van der Waals surface area contributed by atoms with Crippen molar-refractivity contribution in [3.8, 4) is 0 Å². The van der Waals surface area contributed by atoms with E-state index in [-0.39, 0.29) is 21.1 Å². The summed E-state index contributed by atoms with van der Waals surface area (Å²) in [5.74, 6) is 0. The first-order valence-corrected chi connectivity index (χ1v) is 39.0. The van der Waals surface area contributed by atoms with Crippen molar-refractivity contribution in [2.75, 3.05) is 78.5 Å². The Morgan fingerprint density at radius 3 is 0.294 bits per heavy atom. The van der Waals surface area contributed by atoms with Gasteiger partial charge in [-0.3, -0.25) is 0 Å². The number of rotatable bonds is 48. The van der Waals surface area contributed by atoms with Gasteiger partial charge in [-0.25, -0.2) is 0 Å². The SMILES string of the molecule is CCCCCN(CCCCC)C(=S)[S-].CCCCCN(CCCCC)C(=S)[S-].CCCCCN(CCCCC)C(=S)[S-].CCCCCN(CCCCC)C(=S)[S-].CCCCCN(CCCCC)C(=S)[S-].CCCCCN(CCCCC)C(=S)[S-].[W]. The maximum absolute atomic E-state index is 5.06. The Labute approximate surface area is 612 Å². The van der Waals surface area contributed by atoms with E-state index in [0.29, 0.717) is 25.9 Å². The van der Waals surface area contributed by atoms with E-state index in [1.54, 1.807) is 0 Å². The Morgan fingerprint density at radius 1 is 0.176 bits per heavy atom. The van der Waals surface area contributed by atoms with Gasteiger partial charge in [0.05, 0.1) is 0 Å². The summed E-state index contributed by atoms with van der Waals surface area (Å²) in [5, 5.41) is 0. The molecule has 0 saturated heterocycles. The minimum Gasteiger partial charge on any atom is -0.411 e. The average Bonchev–Trinajstić information content (AvgIpc) is 3.45. The smallest absolute Gasteiger partial charge is 0.0162 e. The Morgan fingerprint density at radius 2 is 0.247 bits per heavy atom. The van der Waals surface area contributed by atoms with E-state index in [1.807, 2.05) is 0 Å². The van der Waals surface area contributed by atoms with E-state index < -0.39 is 0 Å². The number of thiocarbonyl (C=S) groups is 6. The third-order valence-corrected chi connectivity index (χ3v) is 17.0. The van der Waals surface area contributed by atoms with Gasteiger partial charge in [0.25, 0.3) is 0 Å². The number of nitrogens with zero attached hydrogens (tertiary/aromatic N) is 6. The van der Waals surface area contributed by atoms with Crippen LogP contribution in [0.25, 0.3) is 0 Å². The minimum atomic E-state index is 0. The van der Waals surface area contributed by atoms with Gasteiger partial charge in [-0.1, -0.05) is 263 Å². The van der Waals surface area contributed by atoms with Gasteiger partial charge in [0, 0.05) is 99.6 Å². The Balaban J connectivity index is -0.000000171. The molecule has 85 heavy (non-hydrogen) atoms.